The maximum Gasteiger partial charge on any atom is 0.258 e. The van der Waals surface area contributed by atoms with Crippen LogP contribution in [-0.2, 0) is 4.79 Å². The second-order valence-corrected chi connectivity index (χ2v) is 7.35. The van der Waals surface area contributed by atoms with Gasteiger partial charge in [0.1, 0.15) is 5.75 Å². The van der Waals surface area contributed by atoms with Gasteiger partial charge in [-0.1, -0.05) is 47.6 Å². The fourth-order valence-corrected chi connectivity index (χ4v) is 3.93. The summed E-state index contributed by atoms with van der Waals surface area (Å²) < 4.78 is 5.32. The first-order valence-electron chi connectivity index (χ1n) is 8.15. The molecule has 132 valence electrons. The first-order chi connectivity index (χ1) is 12.6. The molecule has 0 N–H and O–H groups in total. The molecule has 2 aliphatic rings. The topological polar surface area (TPSA) is 54.3 Å². The van der Waals surface area contributed by atoms with Crippen LogP contribution in [0.1, 0.15) is 23.6 Å². The summed E-state index contributed by atoms with van der Waals surface area (Å²) in [5, 5.41) is 7.98. The van der Waals surface area contributed by atoms with Crippen LogP contribution in [0.5, 0.6) is 5.75 Å². The molecule has 7 heteroatoms. The standard InChI is InChI=1S/C19H16ClN3O2S/c1-25-15-4-2-3-13(9-15)16-10-17(12-5-7-14(20)8-6-12)23(22-16)19-21-18(24)11-26-19/h2-9,17H,10-11H2,1H3. The molecule has 0 bridgehead atoms. The van der Waals surface area contributed by atoms with Crippen LogP contribution in [-0.4, -0.2) is 34.7 Å². The van der Waals surface area contributed by atoms with Crippen LogP contribution in [0.4, 0.5) is 0 Å². The predicted octanol–water partition coefficient (Wildman–Crippen LogP) is 4.13. The normalized spacial score (nSPS) is 19.5. The lowest BCUT2D eigenvalue weighted by Crippen LogP contribution is -2.23. The highest BCUT2D eigenvalue weighted by molar-refractivity contribution is 8.14. The molecule has 2 aromatic rings. The number of amides is 1. The molecule has 0 spiro atoms. The number of carbonyl (C=O) groups excluding carboxylic acids is 1. The Morgan fingerprint density at radius 1 is 1.23 bits per heavy atom. The van der Waals surface area contributed by atoms with Crippen molar-refractivity contribution in [1.82, 2.24) is 5.01 Å². The summed E-state index contributed by atoms with van der Waals surface area (Å²) in [4.78, 5) is 15.8. The molecule has 0 fully saturated rings. The van der Waals surface area contributed by atoms with E-state index in [0.29, 0.717) is 22.4 Å². The van der Waals surface area contributed by atoms with E-state index in [1.807, 2.05) is 53.5 Å². The van der Waals surface area contributed by atoms with Crippen molar-refractivity contribution in [2.75, 3.05) is 12.9 Å². The van der Waals surface area contributed by atoms with E-state index >= 15 is 0 Å². The minimum atomic E-state index is -0.120. The van der Waals surface area contributed by atoms with Crippen molar-refractivity contribution >= 4 is 40.1 Å². The molecule has 5 nitrogen and oxygen atoms in total. The third-order valence-corrected chi connectivity index (χ3v) is 5.49. The molecule has 2 aromatic carbocycles. The van der Waals surface area contributed by atoms with Gasteiger partial charge in [-0.3, -0.25) is 4.79 Å². The van der Waals surface area contributed by atoms with Crippen molar-refractivity contribution < 1.29 is 9.53 Å². The van der Waals surface area contributed by atoms with E-state index in [1.54, 1.807) is 7.11 Å². The second kappa shape index (κ2) is 7.13. The van der Waals surface area contributed by atoms with Gasteiger partial charge in [0.2, 0.25) is 0 Å². The quantitative estimate of drug-likeness (QED) is 0.797. The number of halogens is 1. The van der Waals surface area contributed by atoms with Gasteiger partial charge in [-0.25, -0.2) is 5.01 Å². The maximum absolute atomic E-state index is 11.6. The summed E-state index contributed by atoms with van der Waals surface area (Å²) in [6.45, 7) is 0. The third-order valence-electron chi connectivity index (χ3n) is 4.31. The molecule has 0 saturated heterocycles. The van der Waals surface area contributed by atoms with Gasteiger partial charge in [0, 0.05) is 17.0 Å². The number of rotatable bonds is 3. The van der Waals surface area contributed by atoms with Crippen LogP contribution in [0.15, 0.2) is 58.6 Å². The lowest BCUT2D eigenvalue weighted by molar-refractivity contribution is -0.115. The minimum Gasteiger partial charge on any atom is -0.497 e. The second-order valence-electron chi connectivity index (χ2n) is 5.97. The molecule has 0 saturated carbocycles. The Morgan fingerprint density at radius 3 is 2.73 bits per heavy atom. The highest BCUT2D eigenvalue weighted by Crippen LogP contribution is 2.37. The van der Waals surface area contributed by atoms with Crippen molar-refractivity contribution in [2.45, 2.75) is 12.5 Å². The number of amidine groups is 1. The van der Waals surface area contributed by atoms with Crippen molar-refractivity contribution in [1.29, 1.82) is 0 Å². The summed E-state index contributed by atoms with van der Waals surface area (Å²) >= 11 is 7.45. The lowest BCUT2D eigenvalue weighted by atomic mass is 9.98. The molecular weight excluding hydrogens is 370 g/mol. The van der Waals surface area contributed by atoms with Crippen LogP contribution >= 0.6 is 23.4 Å². The number of thioether (sulfide) groups is 1. The number of carbonyl (C=O) groups is 1. The van der Waals surface area contributed by atoms with Crippen LogP contribution < -0.4 is 4.74 Å². The van der Waals surface area contributed by atoms with Gasteiger partial charge < -0.3 is 4.74 Å². The average Bonchev–Trinajstić information content (AvgIpc) is 3.29. The zero-order chi connectivity index (χ0) is 18.1. The largest absolute Gasteiger partial charge is 0.497 e. The highest BCUT2D eigenvalue weighted by Gasteiger charge is 2.34. The number of nitrogens with zero attached hydrogens (tertiary/aromatic N) is 3. The van der Waals surface area contributed by atoms with Gasteiger partial charge in [0.15, 0.2) is 5.17 Å². The van der Waals surface area contributed by atoms with E-state index in [4.69, 9.17) is 21.4 Å². The predicted molar refractivity (Wildman–Crippen MR) is 105 cm³/mol. The maximum atomic E-state index is 11.6. The van der Waals surface area contributed by atoms with E-state index in [1.165, 1.54) is 11.8 Å². The van der Waals surface area contributed by atoms with Gasteiger partial charge in [-0.2, -0.15) is 10.1 Å². The number of ether oxygens (including phenoxy) is 1. The number of hydrazone groups is 1. The van der Waals surface area contributed by atoms with Gasteiger partial charge in [-0.05, 0) is 29.8 Å². The Labute approximate surface area is 160 Å². The Hall–Kier alpha value is -2.31. The number of hydrogen-bond donors (Lipinski definition) is 0. The average molecular weight is 386 g/mol. The first-order valence-corrected chi connectivity index (χ1v) is 9.51. The minimum absolute atomic E-state index is 0.0226. The Bertz CT molecular complexity index is 911. The molecular formula is C19H16ClN3O2S. The van der Waals surface area contributed by atoms with Crippen molar-refractivity contribution in [3.8, 4) is 5.75 Å². The van der Waals surface area contributed by atoms with E-state index in [9.17, 15) is 4.79 Å². The SMILES string of the molecule is COc1cccc(C2=NN(C3=NC(=O)CS3)C(c3ccc(Cl)cc3)C2)c1. The van der Waals surface area contributed by atoms with Gasteiger partial charge in [0.25, 0.3) is 5.91 Å². The monoisotopic (exact) mass is 385 g/mol. The van der Waals surface area contributed by atoms with Crippen LogP contribution in [0.25, 0.3) is 0 Å². The van der Waals surface area contributed by atoms with Gasteiger partial charge in [-0.15, -0.1) is 0 Å². The summed E-state index contributed by atoms with van der Waals surface area (Å²) in [6, 6.07) is 15.5. The van der Waals surface area contributed by atoms with E-state index in [-0.39, 0.29) is 11.9 Å². The van der Waals surface area contributed by atoms with E-state index < -0.39 is 0 Å². The molecule has 2 aliphatic heterocycles. The lowest BCUT2D eigenvalue weighted by Gasteiger charge is -2.22. The van der Waals surface area contributed by atoms with Gasteiger partial charge in [0.05, 0.1) is 24.6 Å². The molecule has 0 aromatic heterocycles. The number of hydrogen-bond acceptors (Lipinski definition) is 5. The molecule has 2 heterocycles. The zero-order valence-electron chi connectivity index (χ0n) is 14.1. The Balaban J connectivity index is 1.71. The Kier molecular flexibility index (Phi) is 4.70. The molecule has 1 atom stereocenters. The van der Waals surface area contributed by atoms with Crippen molar-refractivity contribution in [3.05, 3.63) is 64.7 Å². The summed E-state index contributed by atoms with van der Waals surface area (Å²) in [7, 11) is 1.65. The van der Waals surface area contributed by atoms with Gasteiger partial charge >= 0.3 is 0 Å². The Morgan fingerprint density at radius 2 is 2.04 bits per heavy atom. The third kappa shape index (κ3) is 3.34. The van der Waals surface area contributed by atoms with Crippen molar-refractivity contribution in [2.24, 2.45) is 10.1 Å². The molecule has 1 unspecified atom stereocenters. The number of methoxy groups -OCH3 is 1. The summed E-state index contributed by atoms with van der Waals surface area (Å²) in [6.07, 6.45) is 0.711. The van der Waals surface area contributed by atoms with Crippen molar-refractivity contribution in [3.63, 3.8) is 0 Å². The molecule has 26 heavy (non-hydrogen) atoms. The van der Waals surface area contributed by atoms with Crippen LogP contribution in [0.3, 0.4) is 0 Å². The highest BCUT2D eigenvalue weighted by atomic mass is 35.5. The fraction of sp³-hybridized carbons (Fsp3) is 0.211. The zero-order valence-corrected chi connectivity index (χ0v) is 15.6. The molecule has 4 rings (SSSR count). The summed E-state index contributed by atoms with van der Waals surface area (Å²) in [5.41, 5.74) is 3.02. The summed E-state index contributed by atoms with van der Waals surface area (Å²) in [5.74, 6) is 1.03. The van der Waals surface area contributed by atoms with E-state index in [0.717, 1.165) is 22.6 Å². The fourth-order valence-electron chi connectivity index (χ4n) is 3.02. The van der Waals surface area contributed by atoms with Crippen LogP contribution in [0, 0.1) is 0 Å². The van der Waals surface area contributed by atoms with E-state index in [2.05, 4.69) is 4.99 Å². The molecule has 0 aliphatic carbocycles. The smallest absolute Gasteiger partial charge is 0.258 e. The number of aliphatic imine (C=N–C) groups is 1. The molecule has 0 radical (unpaired) electrons. The number of benzene rings is 2. The molecule has 1 amide bonds. The first kappa shape index (κ1) is 17.1. The van der Waals surface area contributed by atoms with Crippen LogP contribution in [0.2, 0.25) is 5.02 Å².